The van der Waals surface area contributed by atoms with Crippen molar-refractivity contribution < 1.29 is 8.42 Å². The first-order chi connectivity index (χ1) is 10.6. The van der Waals surface area contributed by atoms with E-state index in [0.29, 0.717) is 10.6 Å². The molecule has 0 amide bonds. The van der Waals surface area contributed by atoms with Crippen LogP contribution < -0.4 is 0 Å². The van der Waals surface area contributed by atoms with Crippen LogP contribution in [0, 0.1) is 0 Å². The second kappa shape index (κ2) is 6.73. The maximum atomic E-state index is 12.2. The van der Waals surface area contributed by atoms with Gasteiger partial charge in [-0.25, -0.2) is 13.4 Å². The fourth-order valence-corrected chi connectivity index (χ4v) is 5.37. The first-order valence-electron chi connectivity index (χ1n) is 6.86. The van der Waals surface area contributed by atoms with Crippen molar-refractivity contribution in [3.05, 3.63) is 68.8 Å². The van der Waals surface area contributed by atoms with E-state index in [-0.39, 0.29) is 5.75 Å². The van der Waals surface area contributed by atoms with Crippen molar-refractivity contribution in [3.63, 3.8) is 0 Å². The molecule has 0 aliphatic carbocycles. The van der Waals surface area contributed by atoms with Gasteiger partial charge in [-0.2, -0.15) is 11.3 Å². The van der Waals surface area contributed by atoms with Crippen LogP contribution >= 0.6 is 22.7 Å². The summed E-state index contributed by atoms with van der Waals surface area (Å²) in [7, 11) is -3.27. The molecule has 0 atom stereocenters. The molecule has 3 nitrogen and oxygen atoms in total. The monoisotopic (exact) mass is 349 g/mol. The Hall–Kier alpha value is -1.50. The average Bonchev–Trinajstić information content (AvgIpc) is 3.17. The Morgan fingerprint density at radius 1 is 1.00 bits per heavy atom. The number of nitrogens with zero attached hydrogens (tertiary/aromatic N) is 1. The van der Waals surface area contributed by atoms with Gasteiger partial charge in [-0.15, -0.1) is 11.3 Å². The molecule has 22 heavy (non-hydrogen) atoms. The highest BCUT2D eigenvalue weighted by atomic mass is 32.2. The molecule has 6 heteroatoms. The zero-order valence-electron chi connectivity index (χ0n) is 11.8. The predicted octanol–water partition coefficient (Wildman–Crippen LogP) is 3.96. The molecule has 2 aromatic heterocycles. The average molecular weight is 350 g/mol. The second-order valence-corrected chi connectivity index (χ2v) is 8.65. The Labute approximate surface area is 138 Å². The summed E-state index contributed by atoms with van der Waals surface area (Å²) in [5.41, 5.74) is 1.91. The van der Waals surface area contributed by atoms with Gasteiger partial charge in [0.2, 0.25) is 0 Å². The molecular formula is C16H15NO2S3. The van der Waals surface area contributed by atoms with E-state index in [0.717, 1.165) is 17.8 Å². The largest absolute Gasteiger partial charge is 0.245 e. The van der Waals surface area contributed by atoms with Gasteiger partial charge in [-0.05, 0) is 23.4 Å². The normalized spacial score (nSPS) is 11.6. The van der Waals surface area contributed by atoms with Gasteiger partial charge >= 0.3 is 0 Å². The van der Waals surface area contributed by atoms with Crippen molar-refractivity contribution in [3.8, 4) is 0 Å². The molecule has 0 saturated heterocycles. The quantitative estimate of drug-likeness (QED) is 0.677. The molecule has 0 fully saturated rings. The van der Waals surface area contributed by atoms with Gasteiger partial charge in [0.25, 0.3) is 0 Å². The molecule has 0 aliphatic heterocycles. The van der Waals surface area contributed by atoms with Gasteiger partial charge < -0.3 is 0 Å². The molecule has 0 bridgehead atoms. The third-order valence-electron chi connectivity index (χ3n) is 3.26. The Balaban J connectivity index is 1.64. The van der Waals surface area contributed by atoms with Gasteiger partial charge in [-0.1, -0.05) is 30.3 Å². The van der Waals surface area contributed by atoms with Gasteiger partial charge in [0.05, 0.1) is 21.3 Å². The summed E-state index contributed by atoms with van der Waals surface area (Å²) in [6.45, 7) is 0. The number of sulfone groups is 1. The minimum atomic E-state index is -3.27. The minimum absolute atomic E-state index is 0.0223. The Bertz CT molecular complexity index is 821. The van der Waals surface area contributed by atoms with Crippen molar-refractivity contribution in [2.45, 2.75) is 23.5 Å². The van der Waals surface area contributed by atoms with Gasteiger partial charge in [0, 0.05) is 17.2 Å². The molecule has 2 heterocycles. The van der Waals surface area contributed by atoms with E-state index in [1.807, 2.05) is 23.6 Å². The van der Waals surface area contributed by atoms with Crippen LogP contribution in [0.25, 0.3) is 0 Å². The molecule has 114 valence electrons. The van der Waals surface area contributed by atoms with Gasteiger partial charge in [0.1, 0.15) is 0 Å². The molecule has 0 unspecified atom stereocenters. The highest BCUT2D eigenvalue weighted by Gasteiger charge is 2.17. The number of hydrogen-bond donors (Lipinski definition) is 0. The molecule has 0 spiro atoms. The summed E-state index contributed by atoms with van der Waals surface area (Å²) in [6.07, 6.45) is 1.76. The third-order valence-corrected chi connectivity index (χ3v) is 6.70. The number of aromatic nitrogens is 1. The Morgan fingerprint density at radius 3 is 2.55 bits per heavy atom. The zero-order chi connectivity index (χ0) is 15.4. The van der Waals surface area contributed by atoms with E-state index in [9.17, 15) is 8.42 Å². The topological polar surface area (TPSA) is 47.0 Å². The highest BCUT2D eigenvalue weighted by Crippen LogP contribution is 2.21. The number of benzene rings is 1. The first kappa shape index (κ1) is 15.4. The summed E-state index contributed by atoms with van der Waals surface area (Å²) in [5.74, 6) is -0.0223. The summed E-state index contributed by atoms with van der Waals surface area (Å²) in [5, 5.41) is 6.28. The number of rotatable bonds is 6. The lowest BCUT2D eigenvalue weighted by Gasteiger charge is -1.99. The lowest BCUT2D eigenvalue weighted by molar-refractivity contribution is 0.595. The minimum Gasteiger partial charge on any atom is -0.245 e. The lowest BCUT2D eigenvalue weighted by atomic mass is 10.1. The van der Waals surface area contributed by atoms with Crippen molar-refractivity contribution in [1.29, 1.82) is 0 Å². The van der Waals surface area contributed by atoms with E-state index in [4.69, 9.17) is 0 Å². The van der Waals surface area contributed by atoms with Crippen LogP contribution in [0.3, 0.4) is 0 Å². The fraction of sp³-hybridized carbons (Fsp3) is 0.188. The van der Waals surface area contributed by atoms with E-state index < -0.39 is 9.84 Å². The summed E-state index contributed by atoms with van der Waals surface area (Å²) < 4.78 is 24.4. The van der Waals surface area contributed by atoms with E-state index in [1.54, 1.807) is 16.8 Å². The van der Waals surface area contributed by atoms with Crippen LogP contribution in [0.5, 0.6) is 0 Å². The van der Waals surface area contributed by atoms with Crippen molar-refractivity contribution in [2.24, 2.45) is 0 Å². The Kier molecular flexibility index (Phi) is 4.71. The van der Waals surface area contributed by atoms with E-state index in [2.05, 4.69) is 17.1 Å². The van der Waals surface area contributed by atoms with Crippen molar-refractivity contribution in [1.82, 2.24) is 4.98 Å². The van der Waals surface area contributed by atoms with Gasteiger partial charge in [0.15, 0.2) is 9.84 Å². The molecule has 0 aliphatic rings. The number of hydrogen-bond acceptors (Lipinski definition) is 5. The maximum Gasteiger partial charge on any atom is 0.184 e. The van der Waals surface area contributed by atoms with Crippen LogP contribution in [0.2, 0.25) is 0 Å². The van der Waals surface area contributed by atoms with E-state index in [1.165, 1.54) is 28.2 Å². The fourth-order valence-electron chi connectivity index (χ4n) is 2.13. The lowest BCUT2D eigenvalue weighted by Crippen LogP contribution is -2.04. The summed E-state index contributed by atoms with van der Waals surface area (Å²) in [4.78, 5) is 4.85. The molecule has 1 aromatic carbocycles. The van der Waals surface area contributed by atoms with Crippen molar-refractivity contribution >= 4 is 32.5 Å². The molecule has 0 radical (unpaired) electrons. The standard InChI is InChI=1S/C16H15NO2S3/c18-22(19,15-8-9-20-11-15)12-14-10-21-16(17-14)7-6-13-4-2-1-3-5-13/h1-5,8-11H,6-7,12H2. The third kappa shape index (κ3) is 3.82. The summed E-state index contributed by atoms with van der Waals surface area (Å²) >= 11 is 2.92. The molecule has 0 saturated carbocycles. The maximum absolute atomic E-state index is 12.2. The molecular weight excluding hydrogens is 334 g/mol. The number of thiazole rings is 1. The predicted molar refractivity (Wildman–Crippen MR) is 91.2 cm³/mol. The van der Waals surface area contributed by atoms with Crippen LogP contribution in [0.1, 0.15) is 16.3 Å². The van der Waals surface area contributed by atoms with Crippen LogP contribution in [0.4, 0.5) is 0 Å². The number of aryl methyl sites for hydroxylation is 2. The molecule has 3 rings (SSSR count). The van der Waals surface area contributed by atoms with Crippen LogP contribution in [0.15, 0.2) is 57.4 Å². The molecule has 0 N–H and O–H groups in total. The van der Waals surface area contributed by atoms with Crippen molar-refractivity contribution in [2.75, 3.05) is 0 Å². The second-order valence-electron chi connectivity index (χ2n) is 4.94. The first-order valence-corrected chi connectivity index (χ1v) is 10.3. The van der Waals surface area contributed by atoms with Crippen LogP contribution in [-0.4, -0.2) is 13.4 Å². The SMILES string of the molecule is O=S(=O)(Cc1csc(CCc2ccccc2)n1)c1ccsc1. The summed E-state index contributed by atoms with van der Waals surface area (Å²) in [6, 6.07) is 11.9. The molecule has 3 aromatic rings. The number of thiophene rings is 1. The zero-order valence-corrected chi connectivity index (χ0v) is 14.3. The van der Waals surface area contributed by atoms with Crippen LogP contribution in [-0.2, 0) is 28.4 Å². The smallest absolute Gasteiger partial charge is 0.184 e. The van der Waals surface area contributed by atoms with E-state index >= 15 is 0 Å². The highest BCUT2D eigenvalue weighted by molar-refractivity contribution is 7.90. The Morgan fingerprint density at radius 2 is 1.82 bits per heavy atom. The van der Waals surface area contributed by atoms with Gasteiger partial charge in [-0.3, -0.25) is 0 Å².